The van der Waals surface area contributed by atoms with Crippen molar-refractivity contribution in [1.82, 2.24) is 4.72 Å². The Balaban J connectivity index is 2.16. The lowest BCUT2D eigenvalue weighted by molar-refractivity contribution is -0.0599. The predicted molar refractivity (Wildman–Crippen MR) is 74.6 cm³/mol. The van der Waals surface area contributed by atoms with E-state index in [1.54, 1.807) is 12.1 Å². The maximum absolute atomic E-state index is 12.4. The molecule has 0 amide bonds. The predicted octanol–water partition coefficient (Wildman–Crippen LogP) is 2.23. The zero-order chi connectivity index (χ0) is 14.1. The summed E-state index contributed by atoms with van der Waals surface area (Å²) >= 11 is 0. The average Bonchev–Trinajstić information content (AvgIpc) is 2.27. The van der Waals surface area contributed by atoms with Crippen molar-refractivity contribution < 1.29 is 13.2 Å². The van der Waals surface area contributed by atoms with E-state index in [2.05, 4.69) is 4.72 Å². The van der Waals surface area contributed by atoms with Gasteiger partial charge in [0.1, 0.15) is 0 Å². The molecular formula is C14H21NO3S. The van der Waals surface area contributed by atoms with Gasteiger partial charge < -0.3 is 4.74 Å². The van der Waals surface area contributed by atoms with Gasteiger partial charge in [0, 0.05) is 12.6 Å². The van der Waals surface area contributed by atoms with E-state index in [-0.39, 0.29) is 11.6 Å². The van der Waals surface area contributed by atoms with Gasteiger partial charge in [0.05, 0.1) is 10.5 Å². The molecule has 1 saturated heterocycles. The Labute approximate surface area is 115 Å². The fraction of sp³-hybridized carbons (Fsp3) is 0.571. The van der Waals surface area contributed by atoms with Gasteiger partial charge in [0.15, 0.2) is 0 Å². The number of hydrogen-bond donors (Lipinski definition) is 1. The third-order valence-electron chi connectivity index (χ3n) is 3.40. The Morgan fingerprint density at radius 3 is 2.63 bits per heavy atom. The van der Waals surface area contributed by atoms with Crippen molar-refractivity contribution >= 4 is 10.0 Å². The van der Waals surface area contributed by atoms with Crippen LogP contribution in [0.5, 0.6) is 0 Å². The smallest absolute Gasteiger partial charge is 0.241 e. The number of ether oxygens (including phenoxy) is 1. The molecule has 1 aromatic rings. The van der Waals surface area contributed by atoms with Gasteiger partial charge >= 0.3 is 0 Å². The average molecular weight is 283 g/mol. The summed E-state index contributed by atoms with van der Waals surface area (Å²) in [6.07, 6.45) is 1.41. The molecular weight excluding hydrogens is 262 g/mol. The number of sulfonamides is 1. The summed E-state index contributed by atoms with van der Waals surface area (Å²) in [6, 6.07) is 6.97. The number of benzene rings is 1. The van der Waals surface area contributed by atoms with Crippen LogP contribution >= 0.6 is 0 Å². The van der Waals surface area contributed by atoms with Gasteiger partial charge in [-0.3, -0.25) is 0 Å². The molecule has 0 aliphatic carbocycles. The maximum atomic E-state index is 12.4. The minimum Gasteiger partial charge on any atom is -0.375 e. The van der Waals surface area contributed by atoms with Crippen molar-refractivity contribution in [3.05, 3.63) is 29.8 Å². The van der Waals surface area contributed by atoms with Crippen molar-refractivity contribution in [1.29, 1.82) is 0 Å². The lowest BCUT2D eigenvalue weighted by Gasteiger charge is -2.35. The van der Waals surface area contributed by atoms with Crippen LogP contribution in [0, 0.1) is 6.92 Å². The molecule has 0 spiro atoms. The van der Waals surface area contributed by atoms with Gasteiger partial charge in [-0.25, -0.2) is 13.1 Å². The second-order valence-corrected chi connectivity index (χ2v) is 7.37. The van der Waals surface area contributed by atoms with Crippen molar-refractivity contribution in [3.8, 4) is 0 Å². The van der Waals surface area contributed by atoms with Gasteiger partial charge in [-0.05, 0) is 45.2 Å². The van der Waals surface area contributed by atoms with Gasteiger partial charge in [0.25, 0.3) is 0 Å². The fourth-order valence-electron chi connectivity index (χ4n) is 2.47. The summed E-state index contributed by atoms with van der Waals surface area (Å²) in [4.78, 5) is 0.360. The number of aryl methyl sites for hydroxylation is 1. The lowest BCUT2D eigenvalue weighted by atomic mass is 9.95. The minimum atomic E-state index is -3.45. The van der Waals surface area contributed by atoms with Crippen LogP contribution in [-0.4, -0.2) is 26.7 Å². The zero-order valence-electron chi connectivity index (χ0n) is 11.6. The fourth-order valence-corrected chi connectivity index (χ4v) is 3.99. The van der Waals surface area contributed by atoms with Crippen LogP contribution in [0.3, 0.4) is 0 Å². The molecule has 19 heavy (non-hydrogen) atoms. The summed E-state index contributed by atoms with van der Waals surface area (Å²) in [5.74, 6) is 0. The second kappa shape index (κ2) is 5.23. The topological polar surface area (TPSA) is 55.4 Å². The first kappa shape index (κ1) is 14.5. The van der Waals surface area contributed by atoms with Crippen molar-refractivity contribution in [3.63, 3.8) is 0 Å². The molecule has 5 heteroatoms. The Kier molecular flexibility index (Phi) is 3.99. The van der Waals surface area contributed by atoms with Crippen molar-refractivity contribution in [2.75, 3.05) is 6.61 Å². The molecule has 1 aromatic carbocycles. The molecule has 0 radical (unpaired) electrons. The van der Waals surface area contributed by atoms with Gasteiger partial charge in [-0.2, -0.15) is 0 Å². The van der Waals surface area contributed by atoms with Crippen LogP contribution in [0.25, 0.3) is 0 Å². The Morgan fingerprint density at radius 2 is 2.00 bits per heavy atom. The van der Waals surface area contributed by atoms with Gasteiger partial charge in [0.2, 0.25) is 10.0 Å². The van der Waals surface area contributed by atoms with E-state index in [1.807, 2.05) is 32.9 Å². The molecule has 1 fully saturated rings. The number of nitrogens with one attached hydrogen (secondary N) is 1. The highest BCUT2D eigenvalue weighted by atomic mass is 32.2. The first-order valence-electron chi connectivity index (χ1n) is 6.52. The van der Waals surface area contributed by atoms with Crippen LogP contribution < -0.4 is 4.72 Å². The highest BCUT2D eigenvalue weighted by Gasteiger charge is 2.31. The molecule has 1 heterocycles. The van der Waals surface area contributed by atoms with E-state index in [0.29, 0.717) is 24.3 Å². The minimum absolute atomic E-state index is 0.0617. The van der Waals surface area contributed by atoms with Gasteiger partial charge in [-0.15, -0.1) is 0 Å². The van der Waals surface area contributed by atoms with Crippen LogP contribution in [0.15, 0.2) is 29.2 Å². The Hall–Kier alpha value is -0.910. The highest BCUT2D eigenvalue weighted by molar-refractivity contribution is 7.89. The van der Waals surface area contributed by atoms with E-state index in [0.717, 1.165) is 5.56 Å². The SMILES string of the molecule is Cc1ccccc1S(=O)(=O)NC1CCOC(C)(C)C1. The summed E-state index contributed by atoms with van der Waals surface area (Å²) in [6.45, 7) is 6.37. The highest BCUT2D eigenvalue weighted by Crippen LogP contribution is 2.25. The normalized spacial score (nSPS) is 23.2. The summed E-state index contributed by atoms with van der Waals surface area (Å²) in [5.41, 5.74) is 0.498. The molecule has 1 aliphatic rings. The van der Waals surface area contributed by atoms with Crippen LogP contribution in [0.4, 0.5) is 0 Å². The molecule has 1 N–H and O–H groups in total. The molecule has 0 saturated carbocycles. The van der Waals surface area contributed by atoms with E-state index in [9.17, 15) is 8.42 Å². The summed E-state index contributed by atoms with van der Waals surface area (Å²) in [5, 5.41) is 0. The second-order valence-electron chi connectivity index (χ2n) is 5.68. The quantitative estimate of drug-likeness (QED) is 0.925. The molecule has 106 valence electrons. The monoisotopic (exact) mass is 283 g/mol. The third-order valence-corrected chi connectivity index (χ3v) is 5.08. The number of hydrogen-bond acceptors (Lipinski definition) is 3. The lowest BCUT2D eigenvalue weighted by Crippen LogP contribution is -2.45. The summed E-state index contributed by atoms with van der Waals surface area (Å²) in [7, 11) is -3.45. The van der Waals surface area contributed by atoms with E-state index >= 15 is 0 Å². The first-order valence-corrected chi connectivity index (χ1v) is 8.00. The number of rotatable bonds is 3. The molecule has 1 aliphatic heterocycles. The molecule has 1 atom stereocenters. The molecule has 4 nitrogen and oxygen atoms in total. The van der Waals surface area contributed by atoms with Crippen LogP contribution in [0.2, 0.25) is 0 Å². The maximum Gasteiger partial charge on any atom is 0.241 e. The van der Waals surface area contributed by atoms with Crippen molar-refractivity contribution in [2.24, 2.45) is 0 Å². The summed E-state index contributed by atoms with van der Waals surface area (Å²) < 4.78 is 33.2. The van der Waals surface area contributed by atoms with Gasteiger partial charge in [-0.1, -0.05) is 18.2 Å². The first-order chi connectivity index (χ1) is 8.80. The third kappa shape index (κ3) is 3.55. The van der Waals surface area contributed by atoms with E-state index in [1.165, 1.54) is 0 Å². The Bertz CT molecular complexity index is 552. The van der Waals surface area contributed by atoms with Crippen molar-refractivity contribution in [2.45, 2.75) is 50.2 Å². The zero-order valence-corrected chi connectivity index (χ0v) is 12.5. The Morgan fingerprint density at radius 1 is 1.32 bits per heavy atom. The van der Waals surface area contributed by atoms with Crippen LogP contribution in [-0.2, 0) is 14.8 Å². The largest absolute Gasteiger partial charge is 0.375 e. The molecule has 1 unspecified atom stereocenters. The molecule has 0 aromatic heterocycles. The molecule has 2 rings (SSSR count). The van der Waals surface area contributed by atoms with E-state index in [4.69, 9.17) is 4.74 Å². The standard InChI is InChI=1S/C14H21NO3S/c1-11-6-4-5-7-13(11)19(16,17)15-12-8-9-18-14(2,3)10-12/h4-7,12,15H,8-10H2,1-3H3. The van der Waals surface area contributed by atoms with E-state index < -0.39 is 10.0 Å². The molecule has 0 bridgehead atoms. The van der Waals surface area contributed by atoms with Crippen LogP contribution in [0.1, 0.15) is 32.3 Å².